The second-order valence-corrected chi connectivity index (χ2v) is 18.6. The van der Waals surface area contributed by atoms with Gasteiger partial charge in [0.25, 0.3) is 0 Å². The second kappa shape index (κ2) is 21.1. The summed E-state index contributed by atoms with van der Waals surface area (Å²) in [5.74, 6) is 1.84. The molecule has 0 aliphatic carbocycles. The molecule has 6 heteroatoms. The fourth-order valence-electron chi connectivity index (χ4n) is 9.43. The first kappa shape index (κ1) is 46.8. The smallest absolute Gasteiger partial charge is 0.164 e. The summed E-state index contributed by atoms with van der Waals surface area (Å²) < 4.78 is 4.68. The van der Waals surface area contributed by atoms with Gasteiger partial charge >= 0.3 is 0 Å². The Hall–Kier alpha value is -9.52. The monoisotopic (exact) mass is 954 g/mol. The highest BCUT2D eigenvalue weighted by Crippen LogP contribution is 2.39. The topological polar surface area (TPSA) is 61.4 Å². The van der Waals surface area contributed by atoms with Gasteiger partial charge in [-0.05, 0) is 128 Å². The average molecular weight is 955 g/mol. The molecule has 0 spiro atoms. The lowest BCUT2D eigenvalue weighted by Crippen LogP contribution is -2.01. The Morgan fingerprint density at radius 1 is 0.392 bits per heavy atom. The molecule has 9 aromatic carbocycles. The van der Waals surface area contributed by atoms with Gasteiger partial charge in [0.2, 0.25) is 0 Å². The molecule has 4 aromatic heterocycles. The van der Waals surface area contributed by atoms with E-state index < -0.39 is 0 Å². The Balaban J connectivity index is 0.000000437. The minimum absolute atomic E-state index is 0.608. The Morgan fingerprint density at radius 2 is 0.905 bits per heavy atom. The summed E-state index contributed by atoms with van der Waals surface area (Å²) in [6.07, 6.45) is 6.04. The molecule has 4 heterocycles. The van der Waals surface area contributed by atoms with E-state index in [4.69, 9.17) is 15.0 Å². The van der Waals surface area contributed by atoms with Crippen molar-refractivity contribution in [2.45, 2.75) is 27.7 Å². The fourth-order valence-corrected chi connectivity index (χ4v) is 9.43. The van der Waals surface area contributed by atoms with E-state index in [1.807, 2.05) is 44.2 Å². The minimum atomic E-state index is 0.608. The normalized spacial score (nSPS) is 11.0. The van der Waals surface area contributed by atoms with Gasteiger partial charge in [-0.2, -0.15) is 0 Å². The largest absolute Gasteiger partial charge is 0.317 e. The summed E-state index contributed by atoms with van der Waals surface area (Å²) >= 11 is 0. The number of para-hydroxylation sites is 2. The lowest BCUT2D eigenvalue weighted by molar-refractivity contribution is 1.07. The molecule has 0 radical (unpaired) electrons. The number of nitrogens with zero attached hydrogens (tertiary/aromatic N) is 6. The molecule has 0 saturated heterocycles. The van der Waals surface area contributed by atoms with Crippen molar-refractivity contribution < 1.29 is 0 Å². The third-order valence-electron chi connectivity index (χ3n) is 13.3. The number of aromatic nitrogens is 6. The molecule has 6 nitrogen and oxygen atoms in total. The van der Waals surface area contributed by atoms with Gasteiger partial charge in [0.15, 0.2) is 17.5 Å². The van der Waals surface area contributed by atoms with E-state index >= 15 is 0 Å². The van der Waals surface area contributed by atoms with Crippen LogP contribution in [-0.4, -0.2) is 29.1 Å². The molecule has 0 bridgehead atoms. The van der Waals surface area contributed by atoms with Crippen LogP contribution in [0.2, 0.25) is 0 Å². The predicted molar refractivity (Wildman–Crippen MR) is 310 cm³/mol. The molecule has 13 rings (SSSR count). The van der Waals surface area contributed by atoms with Crippen molar-refractivity contribution in [3.8, 4) is 67.8 Å². The number of pyridine rings is 1. The Morgan fingerprint density at radius 3 is 1.47 bits per heavy atom. The molecular weight excluding hydrogens is 901 g/mol. The summed E-state index contributed by atoms with van der Waals surface area (Å²) in [6, 6.07) is 83.0. The van der Waals surface area contributed by atoms with Crippen LogP contribution in [0.3, 0.4) is 0 Å². The van der Waals surface area contributed by atoms with Gasteiger partial charge in [0.1, 0.15) is 0 Å². The molecule has 0 N–H and O–H groups in total. The van der Waals surface area contributed by atoms with Crippen molar-refractivity contribution in [1.29, 1.82) is 0 Å². The zero-order valence-electron chi connectivity index (χ0n) is 41.9. The average Bonchev–Trinajstić information content (AvgIpc) is 4.06. The van der Waals surface area contributed by atoms with Crippen LogP contribution in [0.25, 0.3) is 111 Å². The summed E-state index contributed by atoms with van der Waals surface area (Å²) in [4.78, 5) is 19.6. The minimum Gasteiger partial charge on any atom is -0.317 e. The number of allylic oxidation sites excluding steroid dienone is 2. The van der Waals surface area contributed by atoms with E-state index in [0.29, 0.717) is 17.5 Å². The molecule has 0 aliphatic heterocycles. The highest BCUT2D eigenvalue weighted by Gasteiger charge is 2.19. The summed E-state index contributed by atoms with van der Waals surface area (Å²) in [6.45, 7) is 8.18. The zero-order chi connectivity index (χ0) is 50.4. The van der Waals surface area contributed by atoms with Gasteiger partial charge in [0, 0.05) is 67.7 Å². The highest BCUT2D eigenvalue weighted by molar-refractivity contribution is 6.20. The SMILES string of the molecule is CC=C(C)C.Cc1ccccn1.c1ccc(-c2cccc(-c3nc(-c4cccc(-c5ccccc5)c4)nc(-c4cccc(-n5c6ccccc6c6ccc7cc8c(ccn8-c8ccccc8)cc7c65)c4)n3)c2)cc1. The van der Waals surface area contributed by atoms with Gasteiger partial charge in [-0.15, -0.1) is 0 Å². The van der Waals surface area contributed by atoms with Crippen LogP contribution < -0.4 is 0 Å². The van der Waals surface area contributed by atoms with E-state index in [-0.39, 0.29) is 0 Å². The molecule has 74 heavy (non-hydrogen) atoms. The Bertz CT molecular complexity index is 4000. The zero-order valence-corrected chi connectivity index (χ0v) is 41.9. The second-order valence-electron chi connectivity index (χ2n) is 18.6. The number of fused-ring (bicyclic) bond motifs is 6. The molecule has 0 amide bonds. The van der Waals surface area contributed by atoms with Gasteiger partial charge in [-0.1, -0.05) is 175 Å². The maximum absolute atomic E-state index is 5.24. The van der Waals surface area contributed by atoms with Crippen LogP contribution in [0.5, 0.6) is 0 Å². The van der Waals surface area contributed by atoms with Crippen LogP contribution in [0.1, 0.15) is 26.5 Å². The van der Waals surface area contributed by atoms with E-state index in [0.717, 1.165) is 61.5 Å². The lowest BCUT2D eigenvalue weighted by Gasteiger charge is -2.13. The third-order valence-corrected chi connectivity index (χ3v) is 13.3. The van der Waals surface area contributed by atoms with E-state index in [9.17, 15) is 0 Å². The fraction of sp³-hybridized carbons (Fsp3) is 0.0588. The molecule has 0 unspecified atom stereocenters. The summed E-state index contributed by atoms with van der Waals surface area (Å²) in [5.41, 5.74) is 15.4. The molecule has 0 saturated carbocycles. The molecule has 0 atom stereocenters. The first-order chi connectivity index (χ1) is 36.4. The number of aryl methyl sites for hydroxylation is 1. The van der Waals surface area contributed by atoms with Gasteiger partial charge in [0.05, 0.1) is 16.6 Å². The van der Waals surface area contributed by atoms with Crippen molar-refractivity contribution in [2.24, 2.45) is 0 Å². The Labute approximate surface area is 432 Å². The van der Waals surface area contributed by atoms with Crippen molar-refractivity contribution in [1.82, 2.24) is 29.1 Å². The predicted octanol–water partition coefficient (Wildman–Crippen LogP) is 17.8. The summed E-state index contributed by atoms with van der Waals surface area (Å²) in [7, 11) is 0. The van der Waals surface area contributed by atoms with Gasteiger partial charge in [-0.25, -0.2) is 15.0 Å². The third kappa shape index (κ3) is 9.77. The van der Waals surface area contributed by atoms with Crippen LogP contribution >= 0.6 is 0 Å². The van der Waals surface area contributed by atoms with Crippen LogP contribution in [0.15, 0.2) is 261 Å². The summed E-state index contributed by atoms with van der Waals surface area (Å²) in [5, 5.41) is 5.99. The number of rotatable bonds is 7. The maximum Gasteiger partial charge on any atom is 0.164 e. The van der Waals surface area contributed by atoms with Crippen LogP contribution in [-0.2, 0) is 0 Å². The maximum atomic E-state index is 5.24. The standard InChI is InChI=1S/C57H37N5.C6H7N.C5H10/c1-4-15-38(16-5-1)40-19-12-21-44(33-40)55-58-56(45-22-13-20-41(34-45)39-17-6-2-7-18-39)60-57(59-55)46-23-14-26-48(35-46)62-52-28-11-10-27-49(52)50-30-29-42-37-53-43(36-51(42)54(50)62)31-32-61(53)47-24-8-3-9-25-47;1-6-4-2-3-5-7-6;1-4-5(2)3/h1-37H;2-5H,1H3;4H,1-3H3. The first-order valence-electron chi connectivity index (χ1n) is 25.1. The van der Waals surface area contributed by atoms with Crippen molar-refractivity contribution in [2.75, 3.05) is 0 Å². The molecule has 356 valence electrons. The van der Waals surface area contributed by atoms with Gasteiger partial charge in [-0.3, -0.25) is 4.98 Å². The van der Waals surface area contributed by atoms with Crippen molar-refractivity contribution in [3.63, 3.8) is 0 Å². The molecule has 13 aromatic rings. The molecule has 0 aliphatic rings. The highest BCUT2D eigenvalue weighted by atomic mass is 15.0. The van der Waals surface area contributed by atoms with Crippen LogP contribution in [0.4, 0.5) is 0 Å². The van der Waals surface area contributed by atoms with Crippen molar-refractivity contribution in [3.05, 3.63) is 266 Å². The van der Waals surface area contributed by atoms with Gasteiger partial charge < -0.3 is 9.13 Å². The van der Waals surface area contributed by atoms with E-state index in [1.165, 1.54) is 43.5 Å². The first-order valence-corrected chi connectivity index (χ1v) is 25.1. The number of hydrogen-bond acceptors (Lipinski definition) is 4. The number of hydrogen-bond donors (Lipinski definition) is 0. The lowest BCUT2D eigenvalue weighted by atomic mass is 10.0. The van der Waals surface area contributed by atoms with E-state index in [1.54, 1.807) is 6.20 Å². The van der Waals surface area contributed by atoms with Crippen molar-refractivity contribution >= 4 is 43.5 Å². The number of benzene rings is 9. The van der Waals surface area contributed by atoms with Crippen LogP contribution in [0, 0.1) is 6.92 Å². The molecular formula is C68H54N6. The molecule has 0 fully saturated rings. The quantitative estimate of drug-likeness (QED) is 0.149. The Kier molecular flexibility index (Phi) is 13.3. The van der Waals surface area contributed by atoms with E-state index in [2.05, 4.69) is 246 Å².